The summed E-state index contributed by atoms with van der Waals surface area (Å²) >= 11 is 8.75. The monoisotopic (exact) mass is 386 g/mol. The van der Waals surface area contributed by atoms with E-state index in [9.17, 15) is 4.79 Å². The van der Waals surface area contributed by atoms with Gasteiger partial charge in [-0.1, -0.05) is 41.1 Å². The molecule has 0 aliphatic carbocycles. The van der Waals surface area contributed by atoms with Crippen molar-refractivity contribution >= 4 is 66.3 Å². The van der Waals surface area contributed by atoms with Gasteiger partial charge in [0, 0.05) is 16.1 Å². The van der Waals surface area contributed by atoms with Gasteiger partial charge >= 0.3 is 0 Å². The van der Waals surface area contributed by atoms with Crippen molar-refractivity contribution in [2.75, 3.05) is 10.6 Å². The van der Waals surface area contributed by atoms with Crippen LogP contribution >= 0.6 is 34.3 Å². The van der Waals surface area contributed by atoms with Gasteiger partial charge in [0.1, 0.15) is 5.69 Å². The lowest BCUT2D eigenvalue weighted by Crippen LogP contribution is -2.12. The molecule has 0 spiro atoms. The third-order valence-electron chi connectivity index (χ3n) is 3.33. The molecule has 0 aliphatic heterocycles. The van der Waals surface area contributed by atoms with E-state index in [-0.39, 0.29) is 5.91 Å². The molecular formula is C17H11ClN4OS2. The summed E-state index contributed by atoms with van der Waals surface area (Å²) in [5.74, 6) is -0.283. The number of carbonyl (C=O) groups excluding carboxylic acids is 1. The minimum Gasteiger partial charge on any atom is -0.331 e. The predicted octanol–water partition coefficient (Wildman–Crippen LogP) is 5.40. The van der Waals surface area contributed by atoms with Gasteiger partial charge in [-0.05, 0) is 30.3 Å². The summed E-state index contributed by atoms with van der Waals surface area (Å²) in [4.78, 5) is 21.1. The molecule has 4 rings (SSSR count). The number of anilines is 3. The molecule has 2 N–H and O–H groups in total. The topological polar surface area (TPSA) is 66.9 Å². The van der Waals surface area contributed by atoms with Crippen molar-refractivity contribution in [2.24, 2.45) is 0 Å². The Bertz CT molecular complexity index is 1030. The number of carbonyl (C=O) groups is 1. The third-order valence-corrected chi connectivity index (χ3v) is 5.27. The van der Waals surface area contributed by atoms with Crippen LogP contribution < -0.4 is 10.6 Å². The van der Waals surface area contributed by atoms with Crippen molar-refractivity contribution in [2.45, 2.75) is 0 Å². The lowest BCUT2D eigenvalue weighted by Gasteiger charge is -2.02. The molecule has 2 heterocycles. The molecule has 25 heavy (non-hydrogen) atoms. The van der Waals surface area contributed by atoms with E-state index >= 15 is 0 Å². The number of fused-ring (bicyclic) bond motifs is 1. The van der Waals surface area contributed by atoms with E-state index in [1.807, 2.05) is 36.4 Å². The number of amides is 1. The third kappa shape index (κ3) is 3.63. The van der Waals surface area contributed by atoms with Crippen LogP contribution in [0, 0.1) is 0 Å². The number of nitrogens with one attached hydrogen (secondary N) is 2. The van der Waals surface area contributed by atoms with Crippen molar-refractivity contribution in [1.82, 2.24) is 9.97 Å². The van der Waals surface area contributed by atoms with E-state index in [0.29, 0.717) is 21.0 Å². The average Bonchev–Trinajstić information content (AvgIpc) is 3.21. The first kappa shape index (κ1) is 16.0. The number of halogens is 1. The van der Waals surface area contributed by atoms with Crippen molar-refractivity contribution < 1.29 is 4.79 Å². The Morgan fingerprint density at radius 1 is 1.04 bits per heavy atom. The highest BCUT2D eigenvalue weighted by Gasteiger charge is 2.13. The first-order valence-corrected chi connectivity index (χ1v) is 9.40. The molecule has 0 aliphatic rings. The number of hydrogen-bond donors (Lipinski definition) is 2. The zero-order chi connectivity index (χ0) is 17.2. The molecule has 2 aromatic carbocycles. The largest absolute Gasteiger partial charge is 0.331 e. The summed E-state index contributed by atoms with van der Waals surface area (Å²) < 4.78 is 1.03. The molecule has 5 nitrogen and oxygen atoms in total. The summed E-state index contributed by atoms with van der Waals surface area (Å²) in [5.41, 5.74) is 2.03. The summed E-state index contributed by atoms with van der Waals surface area (Å²) in [6.07, 6.45) is 0. The molecular weight excluding hydrogens is 376 g/mol. The highest BCUT2D eigenvalue weighted by Crippen LogP contribution is 2.27. The van der Waals surface area contributed by atoms with E-state index in [4.69, 9.17) is 11.6 Å². The Balaban J connectivity index is 1.48. The first-order chi connectivity index (χ1) is 12.2. The maximum atomic E-state index is 12.4. The fourth-order valence-corrected chi connectivity index (χ4v) is 3.97. The molecule has 2 aromatic heterocycles. The van der Waals surface area contributed by atoms with E-state index in [1.54, 1.807) is 17.5 Å². The van der Waals surface area contributed by atoms with E-state index in [2.05, 4.69) is 20.6 Å². The van der Waals surface area contributed by atoms with Crippen LogP contribution in [0.5, 0.6) is 0 Å². The van der Waals surface area contributed by atoms with Gasteiger partial charge in [0.15, 0.2) is 10.3 Å². The number of nitrogens with zero attached hydrogens (tertiary/aromatic N) is 2. The molecule has 0 radical (unpaired) electrons. The molecule has 0 saturated heterocycles. The fourth-order valence-electron chi connectivity index (χ4n) is 2.21. The van der Waals surface area contributed by atoms with Crippen LogP contribution in [0.2, 0.25) is 5.02 Å². The van der Waals surface area contributed by atoms with E-state index in [0.717, 1.165) is 15.9 Å². The Hall–Kier alpha value is -2.48. The molecule has 0 saturated carbocycles. The normalized spacial score (nSPS) is 10.8. The van der Waals surface area contributed by atoms with Crippen LogP contribution in [0.4, 0.5) is 16.0 Å². The van der Waals surface area contributed by atoms with Gasteiger partial charge in [-0.25, -0.2) is 9.97 Å². The number of benzene rings is 2. The average molecular weight is 387 g/mol. The Kier molecular flexibility index (Phi) is 4.35. The minimum atomic E-state index is -0.283. The molecule has 0 unspecified atom stereocenters. The van der Waals surface area contributed by atoms with Crippen molar-refractivity contribution in [3.8, 4) is 0 Å². The smallest absolute Gasteiger partial charge is 0.276 e. The van der Waals surface area contributed by atoms with Crippen LogP contribution in [-0.2, 0) is 0 Å². The fraction of sp³-hybridized carbons (Fsp3) is 0. The highest BCUT2D eigenvalue weighted by atomic mass is 35.5. The second-order valence-electron chi connectivity index (χ2n) is 5.11. The van der Waals surface area contributed by atoms with Gasteiger partial charge < -0.3 is 5.32 Å². The molecule has 0 atom stereocenters. The number of para-hydroxylation sites is 1. The quantitative estimate of drug-likeness (QED) is 0.492. The molecule has 124 valence electrons. The zero-order valence-electron chi connectivity index (χ0n) is 12.7. The molecule has 1 amide bonds. The lowest BCUT2D eigenvalue weighted by atomic mass is 10.3. The standard InChI is InChI=1S/C17H11ClN4OS2/c18-10-4-3-5-11(8-10)19-16-21-13(9-24-16)15(23)22-17-20-12-6-1-2-7-14(12)25-17/h1-9H,(H,19,21)(H,20,22,23). The van der Waals surface area contributed by atoms with Gasteiger partial charge in [0.25, 0.3) is 5.91 Å². The Labute approximate surface area is 156 Å². The van der Waals surface area contributed by atoms with Gasteiger partial charge in [-0.2, -0.15) is 0 Å². The second-order valence-corrected chi connectivity index (χ2v) is 7.44. The van der Waals surface area contributed by atoms with Crippen molar-refractivity contribution in [3.63, 3.8) is 0 Å². The number of thiazole rings is 2. The SMILES string of the molecule is O=C(Nc1nc2ccccc2s1)c1csc(Nc2cccc(Cl)c2)n1. The van der Waals surface area contributed by atoms with Crippen LogP contribution in [-0.4, -0.2) is 15.9 Å². The van der Waals surface area contributed by atoms with Gasteiger partial charge in [0.2, 0.25) is 0 Å². The summed E-state index contributed by atoms with van der Waals surface area (Å²) in [6, 6.07) is 15.1. The zero-order valence-corrected chi connectivity index (χ0v) is 15.1. The Morgan fingerprint density at radius 2 is 1.92 bits per heavy atom. The Morgan fingerprint density at radius 3 is 2.76 bits per heavy atom. The van der Waals surface area contributed by atoms with Crippen LogP contribution in [0.1, 0.15) is 10.5 Å². The molecule has 4 aromatic rings. The summed E-state index contributed by atoms with van der Waals surface area (Å²) in [7, 11) is 0. The van der Waals surface area contributed by atoms with Crippen molar-refractivity contribution in [3.05, 3.63) is 64.6 Å². The number of rotatable bonds is 4. The van der Waals surface area contributed by atoms with Crippen LogP contribution in [0.25, 0.3) is 10.2 Å². The van der Waals surface area contributed by atoms with Gasteiger partial charge in [0.05, 0.1) is 10.2 Å². The molecule has 0 fully saturated rings. The predicted molar refractivity (Wildman–Crippen MR) is 104 cm³/mol. The molecule has 8 heteroatoms. The summed E-state index contributed by atoms with van der Waals surface area (Å²) in [6.45, 7) is 0. The number of aromatic nitrogens is 2. The number of hydrogen-bond acceptors (Lipinski definition) is 6. The first-order valence-electron chi connectivity index (χ1n) is 7.32. The summed E-state index contributed by atoms with van der Waals surface area (Å²) in [5, 5.41) is 9.45. The van der Waals surface area contributed by atoms with Crippen molar-refractivity contribution in [1.29, 1.82) is 0 Å². The highest BCUT2D eigenvalue weighted by molar-refractivity contribution is 7.22. The lowest BCUT2D eigenvalue weighted by molar-refractivity contribution is 0.102. The minimum absolute atomic E-state index is 0.283. The van der Waals surface area contributed by atoms with Gasteiger partial charge in [-0.3, -0.25) is 10.1 Å². The van der Waals surface area contributed by atoms with Gasteiger partial charge in [-0.15, -0.1) is 11.3 Å². The second kappa shape index (κ2) is 6.79. The van der Waals surface area contributed by atoms with Crippen LogP contribution in [0.15, 0.2) is 53.9 Å². The van der Waals surface area contributed by atoms with E-state index < -0.39 is 0 Å². The maximum Gasteiger partial charge on any atom is 0.276 e. The van der Waals surface area contributed by atoms with Crippen LogP contribution in [0.3, 0.4) is 0 Å². The molecule has 0 bridgehead atoms. The maximum absolute atomic E-state index is 12.4. The van der Waals surface area contributed by atoms with E-state index in [1.165, 1.54) is 22.7 Å².